The Morgan fingerprint density at radius 2 is 2.17 bits per heavy atom. The minimum atomic E-state index is -0.635. The normalized spacial score (nSPS) is 16.8. The minimum Gasteiger partial charge on any atom is -0.392 e. The van der Waals surface area contributed by atoms with Crippen molar-refractivity contribution >= 4 is 44.7 Å². The summed E-state index contributed by atoms with van der Waals surface area (Å²) in [6.07, 6.45) is 2.50. The summed E-state index contributed by atoms with van der Waals surface area (Å²) in [6.45, 7) is 1.95. The van der Waals surface area contributed by atoms with E-state index in [0.717, 1.165) is 35.0 Å². The average molecular weight is 327 g/mol. The highest BCUT2D eigenvalue weighted by atomic mass is 79.9. The summed E-state index contributed by atoms with van der Waals surface area (Å²) in [5.74, 6) is -0.0811. The van der Waals surface area contributed by atoms with E-state index in [1.165, 1.54) is 0 Å². The molecular formula is C13H15BrN2OS. The number of hydrogen-bond acceptors (Lipinski definition) is 2. The Labute approximate surface area is 120 Å². The van der Waals surface area contributed by atoms with Gasteiger partial charge in [-0.25, -0.2) is 0 Å². The Hall–Kier alpha value is -0.940. The maximum atomic E-state index is 12.3. The Bertz CT molecular complexity index is 512. The second kappa shape index (κ2) is 4.97. The number of carbonyl (C=O) groups excluding carboxylic acids is 1. The molecule has 2 rings (SSSR count). The van der Waals surface area contributed by atoms with Crippen LogP contribution in [0.2, 0.25) is 0 Å². The molecule has 18 heavy (non-hydrogen) atoms. The SMILES string of the molecule is Cc1c(Br)cccc1NC(=O)C1(C(N)=S)CCC1. The third kappa shape index (κ3) is 2.17. The van der Waals surface area contributed by atoms with Gasteiger partial charge >= 0.3 is 0 Å². The van der Waals surface area contributed by atoms with Crippen molar-refractivity contribution in [2.75, 3.05) is 5.32 Å². The molecule has 1 aliphatic carbocycles. The fraction of sp³-hybridized carbons (Fsp3) is 0.385. The molecule has 1 fully saturated rings. The maximum absolute atomic E-state index is 12.3. The van der Waals surface area contributed by atoms with Gasteiger partial charge in [0.1, 0.15) is 0 Å². The summed E-state index contributed by atoms with van der Waals surface area (Å²) in [4.78, 5) is 12.6. The van der Waals surface area contributed by atoms with Crippen LogP contribution in [0.5, 0.6) is 0 Å². The van der Waals surface area contributed by atoms with Gasteiger partial charge in [-0.2, -0.15) is 0 Å². The van der Waals surface area contributed by atoms with Crippen LogP contribution < -0.4 is 11.1 Å². The number of rotatable bonds is 3. The Morgan fingerprint density at radius 3 is 2.67 bits per heavy atom. The molecule has 0 aliphatic heterocycles. The van der Waals surface area contributed by atoms with Crippen LogP contribution >= 0.6 is 28.1 Å². The van der Waals surface area contributed by atoms with Crippen molar-refractivity contribution in [3.8, 4) is 0 Å². The standard InChI is InChI=1S/C13H15BrN2OS/c1-8-9(14)4-2-5-10(8)16-12(17)13(11(15)18)6-3-7-13/h2,4-5H,3,6-7H2,1H3,(H2,15,18)(H,16,17). The summed E-state index contributed by atoms with van der Waals surface area (Å²) in [5.41, 5.74) is 6.89. The predicted molar refractivity (Wildman–Crippen MR) is 80.6 cm³/mol. The van der Waals surface area contributed by atoms with Crippen molar-refractivity contribution in [3.63, 3.8) is 0 Å². The molecule has 0 radical (unpaired) electrons. The van der Waals surface area contributed by atoms with Gasteiger partial charge in [-0.15, -0.1) is 0 Å². The van der Waals surface area contributed by atoms with Gasteiger partial charge in [0, 0.05) is 10.2 Å². The Morgan fingerprint density at radius 1 is 1.50 bits per heavy atom. The summed E-state index contributed by atoms with van der Waals surface area (Å²) in [6, 6.07) is 5.71. The van der Waals surface area contributed by atoms with Gasteiger partial charge in [-0.3, -0.25) is 4.79 Å². The molecule has 3 nitrogen and oxygen atoms in total. The third-order valence-corrected chi connectivity index (χ3v) is 4.88. The van der Waals surface area contributed by atoms with Crippen molar-refractivity contribution in [1.29, 1.82) is 0 Å². The van der Waals surface area contributed by atoms with Gasteiger partial charge in [0.2, 0.25) is 5.91 Å². The van der Waals surface area contributed by atoms with Crippen LogP contribution in [-0.4, -0.2) is 10.9 Å². The lowest BCUT2D eigenvalue weighted by atomic mass is 9.68. The molecule has 0 aromatic heterocycles. The first-order valence-electron chi connectivity index (χ1n) is 5.84. The molecule has 1 aromatic rings. The predicted octanol–water partition coefficient (Wildman–Crippen LogP) is 3.15. The molecule has 1 amide bonds. The molecule has 0 saturated heterocycles. The maximum Gasteiger partial charge on any atom is 0.237 e. The monoisotopic (exact) mass is 326 g/mol. The zero-order valence-electron chi connectivity index (χ0n) is 10.1. The lowest BCUT2D eigenvalue weighted by molar-refractivity contribution is -0.125. The minimum absolute atomic E-state index is 0.0811. The largest absolute Gasteiger partial charge is 0.392 e. The highest BCUT2D eigenvalue weighted by Gasteiger charge is 2.47. The number of thiocarbonyl (C=S) groups is 1. The molecule has 1 aliphatic rings. The molecule has 0 atom stereocenters. The highest BCUT2D eigenvalue weighted by Crippen LogP contribution is 2.42. The number of anilines is 1. The average Bonchev–Trinajstić information content (AvgIpc) is 2.22. The molecular weight excluding hydrogens is 312 g/mol. The fourth-order valence-corrected chi connectivity index (χ4v) is 2.76. The van der Waals surface area contributed by atoms with E-state index in [9.17, 15) is 4.79 Å². The Balaban J connectivity index is 2.21. The van der Waals surface area contributed by atoms with E-state index in [0.29, 0.717) is 4.99 Å². The number of nitrogens with one attached hydrogen (secondary N) is 1. The van der Waals surface area contributed by atoms with Crippen LogP contribution in [0.25, 0.3) is 0 Å². The van der Waals surface area contributed by atoms with Crippen LogP contribution in [0.3, 0.4) is 0 Å². The first-order chi connectivity index (χ1) is 8.47. The van der Waals surface area contributed by atoms with Gasteiger partial charge in [0.15, 0.2) is 0 Å². The van der Waals surface area contributed by atoms with E-state index in [1.54, 1.807) is 0 Å². The summed E-state index contributed by atoms with van der Waals surface area (Å²) < 4.78 is 0.971. The van der Waals surface area contributed by atoms with E-state index in [2.05, 4.69) is 21.2 Å². The molecule has 0 heterocycles. The smallest absolute Gasteiger partial charge is 0.237 e. The topological polar surface area (TPSA) is 55.1 Å². The number of benzene rings is 1. The molecule has 0 bridgehead atoms. The van der Waals surface area contributed by atoms with E-state index in [-0.39, 0.29) is 5.91 Å². The molecule has 1 saturated carbocycles. The molecule has 96 valence electrons. The van der Waals surface area contributed by atoms with Crippen molar-refractivity contribution < 1.29 is 4.79 Å². The lowest BCUT2D eigenvalue weighted by Gasteiger charge is -2.39. The molecule has 3 N–H and O–H groups in total. The second-order valence-corrected chi connectivity index (χ2v) is 5.96. The molecule has 5 heteroatoms. The van der Waals surface area contributed by atoms with Crippen molar-refractivity contribution in [3.05, 3.63) is 28.2 Å². The van der Waals surface area contributed by atoms with Gasteiger partial charge in [0.05, 0.1) is 10.4 Å². The highest BCUT2D eigenvalue weighted by molar-refractivity contribution is 9.10. The van der Waals surface area contributed by atoms with Gasteiger partial charge in [0.25, 0.3) is 0 Å². The van der Waals surface area contributed by atoms with E-state index >= 15 is 0 Å². The quantitative estimate of drug-likeness (QED) is 0.839. The second-order valence-electron chi connectivity index (χ2n) is 4.67. The summed E-state index contributed by atoms with van der Waals surface area (Å²) in [7, 11) is 0. The van der Waals surface area contributed by atoms with Crippen LogP contribution in [0.4, 0.5) is 5.69 Å². The lowest BCUT2D eigenvalue weighted by Crippen LogP contribution is -2.50. The third-order valence-electron chi connectivity index (χ3n) is 3.63. The van der Waals surface area contributed by atoms with Crippen LogP contribution in [0.1, 0.15) is 24.8 Å². The van der Waals surface area contributed by atoms with Gasteiger partial charge < -0.3 is 11.1 Å². The Kier molecular flexibility index (Phi) is 3.73. The number of amides is 1. The van der Waals surface area contributed by atoms with Crippen molar-refractivity contribution in [2.45, 2.75) is 26.2 Å². The zero-order valence-corrected chi connectivity index (χ0v) is 12.5. The number of nitrogens with two attached hydrogens (primary N) is 1. The van der Waals surface area contributed by atoms with Crippen molar-refractivity contribution in [2.24, 2.45) is 11.1 Å². The van der Waals surface area contributed by atoms with Crippen molar-refractivity contribution in [1.82, 2.24) is 0 Å². The summed E-state index contributed by atoms with van der Waals surface area (Å²) in [5, 5.41) is 2.94. The first kappa shape index (κ1) is 13.5. The molecule has 1 aromatic carbocycles. The fourth-order valence-electron chi connectivity index (χ4n) is 2.10. The zero-order chi connectivity index (χ0) is 13.3. The van der Waals surface area contributed by atoms with Crippen LogP contribution in [0, 0.1) is 12.3 Å². The summed E-state index contributed by atoms with van der Waals surface area (Å²) >= 11 is 8.48. The number of carbonyl (C=O) groups is 1. The van der Waals surface area contributed by atoms with E-state index in [4.69, 9.17) is 18.0 Å². The van der Waals surface area contributed by atoms with Gasteiger partial charge in [-0.05, 0) is 37.5 Å². The van der Waals surface area contributed by atoms with Crippen LogP contribution in [0.15, 0.2) is 22.7 Å². The first-order valence-corrected chi connectivity index (χ1v) is 7.04. The van der Waals surface area contributed by atoms with Crippen LogP contribution in [-0.2, 0) is 4.79 Å². The van der Waals surface area contributed by atoms with E-state index < -0.39 is 5.41 Å². The molecule has 0 unspecified atom stereocenters. The molecule has 0 spiro atoms. The van der Waals surface area contributed by atoms with E-state index in [1.807, 2.05) is 25.1 Å². The number of hydrogen-bond donors (Lipinski definition) is 2. The van der Waals surface area contributed by atoms with Gasteiger partial charge in [-0.1, -0.05) is 40.6 Å². The number of halogens is 1.